The Morgan fingerprint density at radius 1 is 1.43 bits per heavy atom. The number of carbonyl (C=O) groups excluding carboxylic acids is 1. The van der Waals surface area contributed by atoms with E-state index < -0.39 is 0 Å². The fourth-order valence-electron chi connectivity index (χ4n) is 2.67. The fourth-order valence-corrected chi connectivity index (χ4v) is 3.51. The third-order valence-electron chi connectivity index (χ3n) is 4.02. The second kappa shape index (κ2) is 7.57. The van der Waals surface area contributed by atoms with E-state index in [1.54, 1.807) is 13.3 Å². The SMILES string of the molecule is COc1ccc(-c2ncc(C(=O)NCC3CCCNC3)s2)cc1. The van der Waals surface area contributed by atoms with Gasteiger partial charge in [0, 0.05) is 12.1 Å². The molecule has 1 aliphatic heterocycles. The minimum absolute atomic E-state index is 0.0344. The second-order valence-corrected chi connectivity index (χ2v) is 6.71. The lowest BCUT2D eigenvalue weighted by Crippen LogP contribution is -2.37. The van der Waals surface area contributed by atoms with E-state index in [4.69, 9.17) is 4.74 Å². The number of rotatable bonds is 5. The predicted molar refractivity (Wildman–Crippen MR) is 92.0 cm³/mol. The monoisotopic (exact) mass is 331 g/mol. The van der Waals surface area contributed by atoms with Crippen molar-refractivity contribution in [2.24, 2.45) is 5.92 Å². The minimum atomic E-state index is -0.0344. The maximum Gasteiger partial charge on any atom is 0.263 e. The van der Waals surface area contributed by atoms with Crippen molar-refractivity contribution >= 4 is 17.2 Å². The lowest BCUT2D eigenvalue weighted by Gasteiger charge is -2.22. The van der Waals surface area contributed by atoms with Gasteiger partial charge in [-0.2, -0.15) is 0 Å². The zero-order valence-corrected chi connectivity index (χ0v) is 14.0. The van der Waals surface area contributed by atoms with E-state index in [2.05, 4.69) is 15.6 Å². The van der Waals surface area contributed by atoms with Crippen LogP contribution in [0.2, 0.25) is 0 Å². The van der Waals surface area contributed by atoms with E-state index in [1.165, 1.54) is 24.2 Å². The number of benzene rings is 1. The van der Waals surface area contributed by atoms with Gasteiger partial charge in [0.15, 0.2) is 0 Å². The van der Waals surface area contributed by atoms with Gasteiger partial charge in [-0.25, -0.2) is 4.98 Å². The number of ether oxygens (including phenoxy) is 1. The van der Waals surface area contributed by atoms with Crippen molar-refractivity contribution in [2.75, 3.05) is 26.7 Å². The van der Waals surface area contributed by atoms with E-state index in [1.807, 2.05) is 24.3 Å². The molecule has 2 N–H and O–H groups in total. The summed E-state index contributed by atoms with van der Waals surface area (Å²) < 4.78 is 5.15. The molecule has 3 rings (SSSR count). The van der Waals surface area contributed by atoms with Gasteiger partial charge in [-0.1, -0.05) is 0 Å². The van der Waals surface area contributed by atoms with Gasteiger partial charge in [-0.15, -0.1) is 11.3 Å². The number of carbonyl (C=O) groups is 1. The first-order chi connectivity index (χ1) is 11.3. The van der Waals surface area contributed by atoms with Gasteiger partial charge in [-0.05, 0) is 56.1 Å². The van der Waals surface area contributed by atoms with Gasteiger partial charge in [0.2, 0.25) is 0 Å². The van der Waals surface area contributed by atoms with Crippen molar-refractivity contribution in [2.45, 2.75) is 12.8 Å². The molecule has 1 aliphatic rings. The second-order valence-electron chi connectivity index (χ2n) is 5.68. The third-order valence-corrected chi connectivity index (χ3v) is 5.06. The summed E-state index contributed by atoms with van der Waals surface area (Å²) in [4.78, 5) is 17.3. The maximum atomic E-state index is 12.3. The molecule has 6 heteroatoms. The van der Waals surface area contributed by atoms with Crippen LogP contribution in [0.25, 0.3) is 10.6 Å². The molecule has 23 heavy (non-hydrogen) atoms. The number of hydrogen-bond donors (Lipinski definition) is 2. The van der Waals surface area contributed by atoms with E-state index in [-0.39, 0.29) is 5.91 Å². The van der Waals surface area contributed by atoms with Crippen LogP contribution in [-0.2, 0) is 0 Å². The van der Waals surface area contributed by atoms with Gasteiger partial charge in [0.1, 0.15) is 15.6 Å². The van der Waals surface area contributed by atoms with Crippen molar-refractivity contribution in [1.82, 2.24) is 15.6 Å². The summed E-state index contributed by atoms with van der Waals surface area (Å²) in [7, 11) is 1.64. The molecule has 1 atom stereocenters. The highest BCUT2D eigenvalue weighted by atomic mass is 32.1. The summed E-state index contributed by atoms with van der Waals surface area (Å²) >= 11 is 1.41. The van der Waals surface area contributed by atoms with Crippen LogP contribution in [-0.4, -0.2) is 37.6 Å². The number of nitrogens with zero attached hydrogens (tertiary/aromatic N) is 1. The standard InChI is InChI=1S/C17H21N3O2S/c1-22-14-6-4-13(5-7-14)17-20-11-15(23-17)16(21)19-10-12-3-2-8-18-9-12/h4-7,11-12,18H,2-3,8-10H2,1H3,(H,19,21). The minimum Gasteiger partial charge on any atom is -0.497 e. The van der Waals surface area contributed by atoms with Crippen molar-refractivity contribution in [3.8, 4) is 16.3 Å². The zero-order valence-electron chi connectivity index (χ0n) is 13.2. The molecule has 1 saturated heterocycles. The van der Waals surface area contributed by atoms with Crippen molar-refractivity contribution in [1.29, 1.82) is 0 Å². The first-order valence-corrected chi connectivity index (χ1v) is 8.67. The third kappa shape index (κ3) is 4.09. The number of piperidine rings is 1. The van der Waals surface area contributed by atoms with Gasteiger partial charge in [0.25, 0.3) is 5.91 Å². The van der Waals surface area contributed by atoms with Crippen LogP contribution in [0.5, 0.6) is 5.75 Å². The number of hydrogen-bond acceptors (Lipinski definition) is 5. The van der Waals surface area contributed by atoms with Crippen LogP contribution in [0.4, 0.5) is 0 Å². The lowest BCUT2D eigenvalue weighted by atomic mass is 10.00. The Labute approximate surface area is 140 Å². The molecule has 0 radical (unpaired) electrons. The lowest BCUT2D eigenvalue weighted by molar-refractivity contribution is 0.0948. The summed E-state index contributed by atoms with van der Waals surface area (Å²) in [5, 5.41) is 7.23. The molecular formula is C17H21N3O2S. The van der Waals surface area contributed by atoms with Gasteiger partial charge in [-0.3, -0.25) is 4.79 Å². The van der Waals surface area contributed by atoms with Gasteiger partial charge in [0.05, 0.1) is 13.3 Å². The quantitative estimate of drug-likeness (QED) is 0.884. The molecular weight excluding hydrogens is 310 g/mol. The summed E-state index contributed by atoms with van der Waals surface area (Å²) in [6, 6.07) is 7.69. The summed E-state index contributed by atoms with van der Waals surface area (Å²) in [6.45, 7) is 2.80. The van der Waals surface area contributed by atoms with Crippen LogP contribution in [0.3, 0.4) is 0 Å². The van der Waals surface area contributed by atoms with E-state index >= 15 is 0 Å². The fraction of sp³-hybridized carbons (Fsp3) is 0.412. The molecule has 122 valence electrons. The molecule has 1 aromatic carbocycles. The number of nitrogens with one attached hydrogen (secondary N) is 2. The number of thiazole rings is 1. The largest absolute Gasteiger partial charge is 0.497 e. The van der Waals surface area contributed by atoms with Crippen LogP contribution in [0, 0.1) is 5.92 Å². The normalized spacial score (nSPS) is 17.7. The summed E-state index contributed by atoms with van der Waals surface area (Å²) in [6.07, 6.45) is 4.01. The maximum absolute atomic E-state index is 12.3. The van der Waals surface area contributed by atoms with E-state index in [0.717, 1.165) is 36.0 Å². The van der Waals surface area contributed by atoms with E-state index in [0.29, 0.717) is 10.8 Å². The molecule has 0 spiro atoms. The molecule has 2 heterocycles. The van der Waals surface area contributed by atoms with Crippen molar-refractivity contribution in [3.63, 3.8) is 0 Å². The Morgan fingerprint density at radius 3 is 2.96 bits per heavy atom. The number of methoxy groups -OCH3 is 1. The Kier molecular flexibility index (Phi) is 5.25. The number of aromatic nitrogens is 1. The summed E-state index contributed by atoms with van der Waals surface area (Å²) in [5.41, 5.74) is 0.992. The Balaban J connectivity index is 1.60. The molecule has 2 aromatic rings. The average molecular weight is 331 g/mol. The highest BCUT2D eigenvalue weighted by Crippen LogP contribution is 2.26. The summed E-state index contributed by atoms with van der Waals surface area (Å²) in [5.74, 6) is 1.30. The molecule has 0 aliphatic carbocycles. The predicted octanol–water partition coefficient (Wildman–Crippen LogP) is 2.55. The topological polar surface area (TPSA) is 63.2 Å². The van der Waals surface area contributed by atoms with Gasteiger partial charge >= 0.3 is 0 Å². The Morgan fingerprint density at radius 2 is 2.26 bits per heavy atom. The smallest absolute Gasteiger partial charge is 0.263 e. The van der Waals surface area contributed by atoms with Crippen LogP contribution < -0.4 is 15.4 Å². The Hall–Kier alpha value is -1.92. The molecule has 1 amide bonds. The first-order valence-electron chi connectivity index (χ1n) is 7.85. The average Bonchev–Trinajstić information content (AvgIpc) is 3.11. The van der Waals surface area contributed by atoms with Crippen LogP contribution >= 0.6 is 11.3 Å². The first kappa shape index (κ1) is 16.0. The van der Waals surface area contributed by atoms with E-state index in [9.17, 15) is 4.79 Å². The molecule has 1 fully saturated rings. The molecule has 5 nitrogen and oxygen atoms in total. The zero-order chi connectivity index (χ0) is 16.1. The molecule has 0 bridgehead atoms. The molecule has 1 unspecified atom stereocenters. The highest BCUT2D eigenvalue weighted by molar-refractivity contribution is 7.16. The van der Waals surface area contributed by atoms with Crippen molar-refractivity contribution in [3.05, 3.63) is 35.3 Å². The molecule has 1 aromatic heterocycles. The molecule has 0 saturated carbocycles. The van der Waals surface area contributed by atoms with Crippen LogP contribution in [0.15, 0.2) is 30.5 Å². The Bertz CT molecular complexity index is 648. The number of amides is 1. The van der Waals surface area contributed by atoms with Crippen molar-refractivity contribution < 1.29 is 9.53 Å². The highest BCUT2D eigenvalue weighted by Gasteiger charge is 2.16. The van der Waals surface area contributed by atoms with Gasteiger partial charge < -0.3 is 15.4 Å². The van der Waals surface area contributed by atoms with Crippen LogP contribution in [0.1, 0.15) is 22.5 Å².